The number of carbonyl (C=O) groups is 4. The number of amides is 2. The average molecular weight is 1350 g/mol. The molecule has 2 amide bonds. The Labute approximate surface area is 541 Å². The summed E-state index contributed by atoms with van der Waals surface area (Å²) in [6, 6.07) is 36.1. The fourth-order valence-electron chi connectivity index (χ4n) is 12.6. The zero-order valence-corrected chi connectivity index (χ0v) is 53.6. The summed E-state index contributed by atoms with van der Waals surface area (Å²) in [5, 5.41) is 20.3. The predicted octanol–water partition coefficient (Wildman–Crippen LogP) is 13.6. The van der Waals surface area contributed by atoms with Gasteiger partial charge in [0.1, 0.15) is 23.8 Å². The summed E-state index contributed by atoms with van der Waals surface area (Å²) in [6.07, 6.45) is 1.75. The van der Waals surface area contributed by atoms with Gasteiger partial charge in [-0.1, -0.05) is 119 Å². The van der Waals surface area contributed by atoms with Gasteiger partial charge in [0.05, 0.1) is 72.0 Å². The number of rotatable bonds is 22. The van der Waals surface area contributed by atoms with Crippen LogP contribution < -0.4 is 8.61 Å². The monoisotopic (exact) mass is 1350 g/mol. The van der Waals surface area contributed by atoms with Crippen LogP contribution in [0.3, 0.4) is 0 Å². The maximum absolute atomic E-state index is 15.3. The summed E-state index contributed by atoms with van der Waals surface area (Å²) in [5.74, 6) is -5.23. The fraction of sp³-hybridized carbons (Fsp3) is 0.394. The normalized spacial score (nSPS) is 24.4. The van der Waals surface area contributed by atoms with Gasteiger partial charge in [-0.15, -0.1) is 0 Å². The molecule has 16 nitrogen and oxygen atoms in total. The number of halogens is 6. The zero-order chi connectivity index (χ0) is 64.2. The van der Waals surface area contributed by atoms with Gasteiger partial charge in [0.15, 0.2) is 11.2 Å². The third kappa shape index (κ3) is 13.9. The van der Waals surface area contributed by atoms with Crippen molar-refractivity contribution in [3.8, 4) is 0 Å². The first-order valence-corrected chi connectivity index (χ1v) is 34.3. The molecule has 6 fully saturated rings. The van der Waals surface area contributed by atoms with Gasteiger partial charge in [0.25, 0.3) is 11.8 Å². The van der Waals surface area contributed by atoms with Crippen LogP contribution in [-0.4, -0.2) is 107 Å². The molecule has 0 bridgehead atoms. The Morgan fingerprint density at radius 3 is 1.16 bits per heavy atom. The lowest BCUT2D eigenvalue weighted by molar-refractivity contribution is -0.207. The maximum Gasteiger partial charge on any atom is 0.306 e. The van der Waals surface area contributed by atoms with Gasteiger partial charge in [0, 0.05) is 20.1 Å². The molecule has 6 aromatic carbocycles. The highest BCUT2D eigenvalue weighted by Crippen LogP contribution is 2.54. The topological polar surface area (TPSA) is 208 Å². The molecule has 8 atom stereocenters. The molecule has 0 aromatic heterocycles. The lowest BCUT2D eigenvalue weighted by atomic mass is 9.85. The van der Waals surface area contributed by atoms with E-state index in [1.165, 1.54) is 50.2 Å². The van der Waals surface area contributed by atoms with E-state index in [0.717, 1.165) is 8.61 Å². The van der Waals surface area contributed by atoms with Crippen molar-refractivity contribution in [3.05, 3.63) is 200 Å². The molecule has 4 aliphatic carbocycles. The fourth-order valence-corrected chi connectivity index (χ4v) is 17.0. The van der Waals surface area contributed by atoms with Crippen molar-refractivity contribution in [3.63, 3.8) is 0 Å². The summed E-state index contributed by atoms with van der Waals surface area (Å²) in [7, 11) is -7.94. The number of aliphatic carboxylic acids is 2. The number of para-hydroxylation sites is 2. The Bertz CT molecular complexity index is 3680. The van der Waals surface area contributed by atoms with Crippen molar-refractivity contribution < 1.29 is 64.5 Å². The smallest absolute Gasteiger partial charge is 0.306 e. The maximum atomic E-state index is 15.3. The molecular formula is C66H66Cl4F2N4O12S2. The minimum Gasteiger partial charge on any atom is -0.481 e. The Hall–Kier alpha value is -6.36. The second kappa shape index (κ2) is 26.0. The molecule has 2 saturated heterocycles. The van der Waals surface area contributed by atoms with Crippen LogP contribution in [0.1, 0.15) is 125 Å². The van der Waals surface area contributed by atoms with Crippen LogP contribution in [0.5, 0.6) is 0 Å². The van der Waals surface area contributed by atoms with E-state index in [1.54, 1.807) is 119 Å². The first kappa shape index (κ1) is 65.1. The number of nitrogens with zero attached hydrogens (tertiary/aromatic N) is 4. The SMILES string of the molecule is C[C@@]1(CC(=O)O)O[C@H](c2cccc(Cl)c2)[C@@H](c2ccc(Cl)cc2)N([C@H](CN(c2ccccc2F)S(=O)(=O)C2CC2)C2CC2)C1=O.C[C@]1(CC(=O)O)O[C@H](c2cccc(Cl)c2)[C@@H](c2ccc(Cl)cc2)N([C@H](CN(c2ccccc2F)S(=O)(=O)C2CC2)C2CC2)C1=O. The summed E-state index contributed by atoms with van der Waals surface area (Å²) < 4.78 is 101. The minimum atomic E-state index is -3.97. The lowest BCUT2D eigenvalue weighted by Gasteiger charge is -2.52. The van der Waals surface area contributed by atoms with Gasteiger partial charge >= 0.3 is 11.9 Å². The van der Waals surface area contributed by atoms with Gasteiger partial charge in [-0.25, -0.2) is 25.6 Å². The Morgan fingerprint density at radius 1 is 0.511 bits per heavy atom. The standard InChI is InChI=1S/2C33H33Cl2FN2O6S/c2*1-33(18-29(39)40)32(41)38(30(21-11-13-23(34)14-12-21)31(44-33)22-5-4-6-24(35)17-22)28(20-9-10-20)19-37(45(42,43)25-15-16-25)27-8-3-2-7-26(27)36/h2*2-8,11-14,17,20,25,28,30-31H,9-10,15-16,18-19H2,1H3,(H,39,40)/t28-,30-,31-,33+;28-,30-,31-,33-/m11/s1. The lowest BCUT2D eigenvalue weighted by Crippen LogP contribution is -2.63. The Kier molecular flexibility index (Phi) is 18.8. The summed E-state index contributed by atoms with van der Waals surface area (Å²) >= 11 is 25.3. The van der Waals surface area contributed by atoms with Gasteiger partial charge in [-0.05, 0) is 172 Å². The molecule has 4 saturated carbocycles. The molecule has 2 aliphatic heterocycles. The van der Waals surface area contributed by atoms with E-state index in [2.05, 4.69) is 0 Å². The molecule has 476 valence electrons. The van der Waals surface area contributed by atoms with Crippen LogP contribution in [-0.2, 0) is 48.7 Å². The Morgan fingerprint density at radius 2 is 0.856 bits per heavy atom. The van der Waals surface area contributed by atoms with Gasteiger partial charge in [-0.2, -0.15) is 0 Å². The van der Waals surface area contributed by atoms with Crippen molar-refractivity contribution >= 4 is 102 Å². The number of hydrogen-bond acceptors (Lipinski definition) is 10. The van der Waals surface area contributed by atoms with Gasteiger partial charge in [-0.3, -0.25) is 27.8 Å². The first-order chi connectivity index (χ1) is 42.8. The Balaban J connectivity index is 0.000000185. The molecule has 0 unspecified atom stereocenters. The number of morpholine rings is 2. The molecule has 0 spiro atoms. The van der Waals surface area contributed by atoms with Crippen molar-refractivity contribution in [1.29, 1.82) is 0 Å². The van der Waals surface area contributed by atoms with E-state index in [-0.39, 0.29) is 36.3 Å². The first-order valence-electron chi connectivity index (χ1n) is 29.8. The molecule has 6 aliphatic rings. The molecule has 24 heteroatoms. The minimum absolute atomic E-state index is 0.0847. The number of carbonyl (C=O) groups excluding carboxylic acids is 2. The number of carboxylic acid groups (broad SMARTS) is 2. The largest absolute Gasteiger partial charge is 0.481 e. The third-order valence-electron chi connectivity index (χ3n) is 17.6. The van der Waals surface area contributed by atoms with Crippen LogP contribution >= 0.6 is 46.4 Å². The predicted molar refractivity (Wildman–Crippen MR) is 338 cm³/mol. The quantitative estimate of drug-likeness (QED) is 0.0651. The highest BCUT2D eigenvalue weighted by molar-refractivity contribution is 7.94. The van der Waals surface area contributed by atoms with Crippen LogP contribution in [0.2, 0.25) is 20.1 Å². The van der Waals surface area contributed by atoms with E-state index in [1.807, 2.05) is 0 Å². The highest BCUT2D eigenvalue weighted by atomic mass is 35.5. The van der Waals surface area contributed by atoms with Gasteiger partial charge in [0.2, 0.25) is 20.0 Å². The number of ether oxygens (including phenoxy) is 2. The number of hydrogen-bond donors (Lipinski definition) is 2. The van der Waals surface area contributed by atoms with Crippen molar-refractivity contribution in [2.24, 2.45) is 11.8 Å². The molecule has 90 heavy (non-hydrogen) atoms. The molecular weight excluding hydrogens is 1280 g/mol. The third-order valence-corrected chi connectivity index (χ3v) is 23.1. The van der Waals surface area contributed by atoms with Gasteiger partial charge < -0.3 is 29.5 Å². The second-order valence-electron chi connectivity index (χ2n) is 24.5. The highest BCUT2D eigenvalue weighted by Gasteiger charge is 2.59. The number of sulfonamides is 2. The van der Waals surface area contributed by atoms with Crippen molar-refractivity contribution in [2.45, 2.75) is 136 Å². The molecule has 0 radical (unpaired) electrons. The zero-order valence-electron chi connectivity index (χ0n) is 49.0. The summed E-state index contributed by atoms with van der Waals surface area (Å²) in [4.78, 5) is 56.8. The number of carboxylic acids is 2. The molecule has 2 heterocycles. The van der Waals surface area contributed by atoms with E-state index >= 15 is 8.78 Å². The van der Waals surface area contributed by atoms with Crippen LogP contribution in [0.15, 0.2) is 146 Å². The van der Waals surface area contributed by atoms with Crippen LogP contribution in [0.25, 0.3) is 0 Å². The van der Waals surface area contributed by atoms with E-state index in [4.69, 9.17) is 55.9 Å². The summed E-state index contributed by atoms with van der Waals surface area (Å²) in [5.41, 5.74) is -1.23. The van der Waals surface area contributed by atoms with Crippen LogP contribution in [0.4, 0.5) is 20.2 Å². The average Bonchev–Trinajstić information content (AvgIpc) is 1.05. The number of anilines is 2. The number of benzene rings is 6. The molecule has 12 rings (SSSR count). The van der Waals surface area contributed by atoms with E-state index in [9.17, 15) is 46.2 Å². The van der Waals surface area contributed by atoms with Crippen LogP contribution in [0, 0.1) is 23.5 Å². The van der Waals surface area contributed by atoms with Crippen molar-refractivity contribution in [2.75, 3.05) is 21.7 Å². The molecule has 6 aromatic rings. The van der Waals surface area contributed by atoms with Crippen molar-refractivity contribution in [1.82, 2.24) is 9.80 Å². The molecule has 2 N–H and O–H groups in total. The van der Waals surface area contributed by atoms with E-state index in [0.29, 0.717) is 93.7 Å². The summed E-state index contributed by atoms with van der Waals surface area (Å²) in [6.45, 7) is 2.49. The second-order valence-corrected chi connectivity index (χ2v) is 30.5. The van der Waals surface area contributed by atoms with E-state index < -0.39 is 126 Å².